The number of benzene rings is 2. The second-order valence-corrected chi connectivity index (χ2v) is 7.78. The molecule has 0 fully saturated rings. The molecule has 0 atom stereocenters. The summed E-state index contributed by atoms with van der Waals surface area (Å²) in [5.74, 6) is 6.47. The Balaban J connectivity index is 1.77. The number of pyridine rings is 1. The molecule has 1 N–H and O–H groups in total. The zero-order valence-electron chi connectivity index (χ0n) is 16.6. The first-order chi connectivity index (χ1) is 14.6. The fourth-order valence-corrected chi connectivity index (χ4v) is 4.29. The van der Waals surface area contributed by atoms with E-state index in [0.717, 1.165) is 26.7 Å². The molecule has 0 aliphatic carbocycles. The molecule has 0 radical (unpaired) electrons. The second kappa shape index (κ2) is 8.32. The number of carbonyl (C=O) groups excluding carboxylic acids is 1. The van der Waals surface area contributed by atoms with Crippen LogP contribution in [0.5, 0.6) is 0 Å². The van der Waals surface area contributed by atoms with Gasteiger partial charge in [-0.1, -0.05) is 35.9 Å². The molecule has 2 aromatic carbocycles. The summed E-state index contributed by atoms with van der Waals surface area (Å²) in [6.07, 6.45) is 0. The van der Waals surface area contributed by atoms with Crippen LogP contribution >= 0.6 is 11.8 Å². The van der Waals surface area contributed by atoms with Crippen LogP contribution in [0, 0.1) is 30.1 Å². The summed E-state index contributed by atoms with van der Waals surface area (Å²) in [7, 11) is 0. The van der Waals surface area contributed by atoms with Gasteiger partial charge in [-0.15, -0.1) is 5.92 Å². The van der Waals surface area contributed by atoms with E-state index in [0.29, 0.717) is 23.6 Å². The third-order valence-corrected chi connectivity index (χ3v) is 5.84. The number of hydrogen-bond donors (Lipinski definition) is 1. The van der Waals surface area contributed by atoms with Crippen LogP contribution < -0.4 is 10.2 Å². The van der Waals surface area contributed by atoms with Gasteiger partial charge in [0.05, 0.1) is 17.8 Å². The van der Waals surface area contributed by atoms with Gasteiger partial charge in [-0.25, -0.2) is 4.98 Å². The van der Waals surface area contributed by atoms with Crippen LogP contribution in [0.25, 0.3) is 0 Å². The summed E-state index contributed by atoms with van der Waals surface area (Å²) in [5.41, 5.74) is 3.63. The molecule has 30 heavy (non-hydrogen) atoms. The highest BCUT2D eigenvalue weighted by atomic mass is 32.2. The van der Waals surface area contributed by atoms with E-state index in [9.17, 15) is 4.79 Å². The minimum atomic E-state index is -0.0560. The normalized spacial score (nSPS) is 12.0. The van der Waals surface area contributed by atoms with Crippen molar-refractivity contribution >= 4 is 34.9 Å². The molecule has 0 saturated heterocycles. The molecule has 0 saturated carbocycles. The van der Waals surface area contributed by atoms with Crippen LogP contribution in [-0.2, 0) is 0 Å². The molecule has 0 bridgehead atoms. The zero-order valence-corrected chi connectivity index (χ0v) is 17.4. The standard InChI is InChI=1S/C24H18N4OS/c1-3-4-13-28-20-12-11-17(26-23-16(2)9-10-18(15-25)27-23)14-22(20)30-21-8-6-5-7-19(21)24(28)29/h5-12,14H,13H2,1-2H3,(H,26,27). The van der Waals surface area contributed by atoms with Gasteiger partial charge in [0.15, 0.2) is 0 Å². The van der Waals surface area contributed by atoms with Crippen molar-refractivity contribution < 1.29 is 4.79 Å². The van der Waals surface area contributed by atoms with Gasteiger partial charge in [0.1, 0.15) is 17.6 Å². The Morgan fingerprint density at radius 2 is 1.97 bits per heavy atom. The number of rotatable bonds is 3. The molecule has 146 valence electrons. The van der Waals surface area contributed by atoms with Gasteiger partial charge in [0.25, 0.3) is 5.91 Å². The lowest BCUT2D eigenvalue weighted by molar-refractivity contribution is 0.0987. The van der Waals surface area contributed by atoms with Gasteiger partial charge < -0.3 is 5.32 Å². The molecule has 1 aliphatic rings. The molecule has 1 amide bonds. The van der Waals surface area contributed by atoms with E-state index >= 15 is 0 Å². The Morgan fingerprint density at radius 1 is 1.13 bits per heavy atom. The number of nitriles is 1. The number of nitrogens with zero attached hydrogens (tertiary/aromatic N) is 3. The van der Waals surface area contributed by atoms with Gasteiger partial charge in [-0.2, -0.15) is 5.26 Å². The van der Waals surface area contributed by atoms with Crippen LogP contribution in [0.15, 0.2) is 64.4 Å². The summed E-state index contributed by atoms with van der Waals surface area (Å²) in [4.78, 5) is 21.1. The average molecular weight is 411 g/mol. The molecule has 3 aromatic rings. The molecule has 6 heteroatoms. The average Bonchev–Trinajstić information content (AvgIpc) is 2.87. The van der Waals surface area contributed by atoms with E-state index < -0.39 is 0 Å². The van der Waals surface area contributed by atoms with E-state index in [-0.39, 0.29) is 5.91 Å². The van der Waals surface area contributed by atoms with Crippen molar-refractivity contribution in [3.8, 4) is 17.9 Å². The van der Waals surface area contributed by atoms with Crippen molar-refractivity contribution in [3.63, 3.8) is 0 Å². The Kier molecular flexibility index (Phi) is 5.43. The van der Waals surface area contributed by atoms with Crippen LogP contribution in [0.1, 0.15) is 28.5 Å². The summed E-state index contributed by atoms with van der Waals surface area (Å²) in [6.45, 7) is 4.03. The molecule has 0 spiro atoms. The fraction of sp³-hybridized carbons (Fsp3) is 0.125. The Morgan fingerprint density at radius 3 is 2.77 bits per heavy atom. The topological polar surface area (TPSA) is 69.0 Å². The highest BCUT2D eigenvalue weighted by molar-refractivity contribution is 7.99. The van der Waals surface area contributed by atoms with Crippen LogP contribution in [0.3, 0.4) is 0 Å². The second-order valence-electron chi connectivity index (χ2n) is 6.70. The molecule has 5 nitrogen and oxygen atoms in total. The number of anilines is 3. The number of carbonyl (C=O) groups is 1. The van der Waals surface area contributed by atoms with Gasteiger partial charge in [-0.3, -0.25) is 9.69 Å². The SMILES string of the molecule is CC#CCN1C(=O)c2ccccc2Sc2cc(Nc3nc(C#N)ccc3C)ccc21. The summed E-state index contributed by atoms with van der Waals surface area (Å²) in [6, 6.07) is 19.1. The maximum absolute atomic E-state index is 13.2. The number of hydrogen-bond acceptors (Lipinski definition) is 5. The third kappa shape index (κ3) is 3.74. The molecule has 1 aromatic heterocycles. The number of aromatic nitrogens is 1. The lowest BCUT2D eigenvalue weighted by Gasteiger charge is -2.21. The molecule has 0 unspecified atom stereocenters. The van der Waals surface area contributed by atoms with Crippen molar-refractivity contribution in [2.45, 2.75) is 23.6 Å². The first-order valence-electron chi connectivity index (χ1n) is 9.38. The molecule has 4 rings (SSSR count). The monoisotopic (exact) mass is 410 g/mol. The highest BCUT2D eigenvalue weighted by Gasteiger charge is 2.26. The fourth-order valence-electron chi connectivity index (χ4n) is 3.17. The van der Waals surface area contributed by atoms with Crippen LogP contribution in [0.4, 0.5) is 17.2 Å². The van der Waals surface area contributed by atoms with Crippen molar-refractivity contribution in [1.29, 1.82) is 5.26 Å². The van der Waals surface area contributed by atoms with Gasteiger partial charge in [0, 0.05) is 15.5 Å². The number of fused-ring (bicyclic) bond motifs is 2. The smallest absolute Gasteiger partial charge is 0.260 e. The summed E-state index contributed by atoms with van der Waals surface area (Å²) < 4.78 is 0. The Bertz CT molecular complexity index is 1250. The predicted octanol–water partition coefficient (Wildman–Crippen LogP) is 5.14. The quantitative estimate of drug-likeness (QED) is 0.606. The van der Waals surface area contributed by atoms with Crippen molar-refractivity contribution in [2.24, 2.45) is 0 Å². The van der Waals surface area contributed by atoms with E-state index in [4.69, 9.17) is 5.26 Å². The molecule has 1 aliphatic heterocycles. The molecular weight excluding hydrogens is 392 g/mol. The largest absolute Gasteiger partial charge is 0.340 e. The zero-order chi connectivity index (χ0) is 21.1. The maximum Gasteiger partial charge on any atom is 0.260 e. The number of aryl methyl sites for hydroxylation is 1. The van der Waals surface area contributed by atoms with Gasteiger partial charge in [-0.05, 0) is 55.8 Å². The van der Waals surface area contributed by atoms with Crippen molar-refractivity contribution in [3.05, 3.63) is 71.4 Å². The van der Waals surface area contributed by atoms with Crippen LogP contribution in [-0.4, -0.2) is 17.4 Å². The van der Waals surface area contributed by atoms with E-state index in [1.807, 2.05) is 55.5 Å². The van der Waals surface area contributed by atoms with Crippen LogP contribution in [0.2, 0.25) is 0 Å². The Labute approximate surface area is 179 Å². The first-order valence-corrected chi connectivity index (χ1v) is 10.2. The number of nitrogens with one attached hydrogen (secondary N) is 1. The Hall–Kier alpha value is -3.74. The highest BCUT2D eigenvalue weighted by Crippen LogP contribution is 2.42. The van der Waals surface area contributed by atoms with Gasteiger partial charge in [0.2, 0.25) is 0 Å². The van der Waals surface area contributed by atoms with E-state index in [2.05, 4.69) is 28.2 Å². The molecule has 2 heterocycles. The summed E-state index contributed by atoms with van der Waals surface area (Å²) in [5, 5.41) is 12.4. The molecular formula is C24H18N4OS. The van der Waals surface area contributed by atoms with E-state index in [1.54, 1.807) is 29.7 Å². The lowest BCUT2D eigenvalue weighted by atomic mass is 10.1. The van der Waals surface area contributed by atoms with Crippen molar-refractivity contribution in [2.75, 3.05) is 16.8 Å². The minimum absolute atomic E-state index is 0.0560. The number of amides is 1. The van der Waals surface area contributed by atoms with Crippen molar-refractivity contribution in [1.82, 2.24) is 4.98 Å². The lowest BCUT2D eigenvalue weighted by Crippen LogP contribution is -2.31. The predicted molar refractivity (Wildman–Crippen MR) is 119 cm³/mol. The minimum Gasteiger partial charge on any atom is -0.340 e. The van der Waals surface area contributed by atoms with Gasteiger partial charge >= 0.3 is 0 Å². The third-order valence-electron chi connectivity index (χ3n) is 4.72. The first kappa shape index (κ1) is 19.6. The van der Waals surface area contributed by atoms with E-state index in [1.165, 1.54) is 0 Å². The summed E-state index contributed by atoms with van der Waals surface area (Å²) >= 11 is 1.56. The maximum atomic E-state index is 13.2.